The second-order valence-electron chi connectivity index (χ2n) is 3.66. The highest BCUT2D eigenvalue weighted by Gasteiger charge is 2.05. The first kappa shape index (κ1) is 16.2. The van der Waals surface area contributed by atoms with E-state index < -0.39 is 0 Å². The second kappa shape index (κ2) is 10.4. The van der Waals surface area contributed by atoms with E-state index in [9.17, 15) is 4.79 Å². The third kappa shape index (κ3) is 7.49. The van der Waals surface area contributed by atoms with Crippen LogP contribution in [0.15, 0.2) is 36.4 Å². The molecular weight excluding hydrogens is 228 g/mol. The summed E-state index contributed by atoms with van der Waals surface area (Å²) in [4.78, 5) is 11.2. The molecule has 1 rings (SSSR count). The van der Waals surface area contributed by atoms with Gasteiger partial charge in [0.2, 0.25) is 0 Å². The van der Waals surface area contributed by atoms with Gasteiger partial charge in [-0.05, 0) is 44.0 Å². The van der Waals surface area contributed by atoms with Gasteiger partial charge in [-0.25, -0.2) is 4.79 Å². The van der Waals surface area contributed by atoms with Crippen molar-refractivity contribution in [3.05, 3.63) is 42.0 Å². The predicted molar refractivity (Wildman–Crippen MR) is 73.8 cm³/mol. The quantitative estimate of drug-likeness (QED) is 0.650. The Morgan fingerprint density at radius 3 is 2.28 bits per heavy atom. The molecule has 1 aromatic rings. The molecule has 0 spiro atoms. The van der Waals surface area contributed by atoms with Crippen LogP contribution in [-0.4, -0.2) is 17.7 Å². The van der Waals surface area contributed by atoms with Gasteiger partial charge in [0, 0.05) is 0 Å². The Bertz CT molecular complexity index is 353. The highest BCUT2D eigenvalue weighted by Crippen LogP contribution is 2.10. The van der Waals surface area contributed by atoms with Crippen molar-refractivity contribution in [2.45, 2.75) is 33.6 Å². The van der Waals surface area contributed by atoms with Crippen LogP contribution in [-0.2, 0) is 4.74 Å². The fraction of sp³-hybridized carbons (Fsp3) is 0.400. The number of phenols is 1. The van der Waals surface area contributed by atoms with E-state index in [1.165, 1.54) is 24.3 Å². The average Bonchev–Trinajstić information content (AvgIpc) is 2.38. The number of phenolic OH excluding ortho intramolecular Hbond substituents is 1. The maximum atomic E-state index is 11.2. The highest BCUT2D eigenvalue weighted by atomic mass is 16.5. The summed E-state index contributed by atoms with van der Waals surface area (Å²) in [6.45, 7) is 6.52. The van der Waals surface area contributed by atoms with Crippen LogP contribution in [0, 0.1) is 0 Å². The van der Waals surface area contributed by atoms with Gasteiger partial charge < -0.3 is 9.84 Å². The first-order valence-corrected chi connectivity index (χ1v) is 6.23. The van der Waals surface area contributed by atoms with Crippen molar-refractivity contribution in [1.82, 2.24) is 0 Å². The number of esters is 1. The molecule has 0 aromatic heterocycles. The minimum Gasteiger partial charge on any atom is -0.508 e. The maximum Gasteiger partial charge on any atom is 0.338 e. The van der Waals surface area contributed by atoms with E-state index in [1.54, 1.807) is 0 Å². The maximum absolute atomic E-state index is 11.2. The lowest BCUT2D eigenvalue weighted by Gasteiger charge is -2.02. The molecule has 0 unspecified atom stereocenters. The summed E-state index contributed by atoms with van der Waals surface area (Å²) in [5.41, 5.74) is 0.464. The number of hydrogen-bond acceptors (Lipinski definition) is 3. The van der Waals surface area contributed by atoms with Crippen molar-refractivity contribution in [2.75, 3.05) is 6.61 Å². The Hall–Kier alpha value is -1.77. The van der Waals surface area contributed by atoms with Crippen molar-refractivity contribution in [3.8, 4) is 5.75 Å². The Kier molecular flexibility index (Phi) is 9.37. The molecule has 18 heavy (non-hydrogen) atoms. The summed E-state index contributed by atoms with van der Waals surface area (Å²) in [6.07, 6.45) is 6.15. The Morgan fingerprint density at radius 2 is 1.89 bits per heavy atom. The van der Waals surface area contributed by atoms with E-state index >= 15 is 0 Å². The van der Waals surface area contributed by atoms with E-state index in [2.05, 4.69) is 19.1 Å². The Labute approximate surface area is 109 Å². The second-order valence-corrected chi connectivity index (χ2v) is 3.66. The van der Waals surface area contributed by atoms with Crippen LogP contribution in [0.4, 0.5) is 0 Å². The van der Waals surface area contributed by atoms with E-state index in [0.717, 1.165) is 12.8 Å². The summed E-state index contributed by atoms with van der Waals surface area (Å²) in [5.74, 6) is -0.200. The molecule has 0 atom stereocenters. The molecule has 0 bridgehead atoms. The van der Waals surface area contributed by atoms with Gasteiger partial charge >= 0.3 is 5.97 Å². The molecule has 0 aliphatic carbocycles. The van der Waals surface area contributed by atoms with Crippen LogP contribution in [0.3, 0.4) is 0 Å². The normalized spacial score (nSPS) is 9.72. The molecule has 0 aliphatic heterocycles. The number of benzene rings is 1. The molecule has 0 amide bonds. The zero-order chi connectivity index (χ0) is 13.8. The number of allylic oxidation sites excluding steroid dienone is 2. The fourth-order valence-corrected chi connectivity index (χ4v) is 1.11. The molecule has 0 radical (unpaired) electrons. The lowest BCUT2D eigenvalue weighted by molar-refractivity contribution is 0.0505. The third-order valence-corrected chi connectivity index (χ3v) is 2.01. The summed E-state index contributed by atoms with van der Waals surface area (Å²) in [6, 6.07) is 5.99. The van der Waals surface area contributed by atoms with Gasteiger partial charge in [0.05, 0.1) is 12.2 Å². The fourth-order valence-electron chi connectivity index (χ4n) is 1.11. The van der Waals surface area contributed by atoms with Crippen LogP contribution in [0.25, 0.3) is 0 Å². The number of aromatic hydroxyl groups is 1. The van der Waals surface area contributed by atoms with E-state index in [1.807, 2.05) is 13.8 Å². The molecular formula is C15H22O3. The predicted octanol–water partition coefficient (Wildman–Crippen LogP) is 3.93. The standard InChI is InChI=1S/C10H12O3.C5H10/c1-2-7-13-10(12)8-3-5-9(11)6-4-8;1-3-5-4-2/h3-6,11H,2,7H2,1H3;3,5H,4H2,1-2H3. The Balaban J connectivity index is 0.000000494. The first-order chi connectivity index (χ1) is 8.65. The van der Waals surface area contributed by atoms with Gasteiger partial charge in [0.15, 0.2) is 0 Å². The number of hydrogen-bond donors (Lipinski definition) is 1. The number of rotatable bonds is 4. The molecule has 1 N–H and O–H groups in total. The minimum atomic E-state index is -0.346. The molecule has 3 heteroatoms. The summed E-state index contributed by atoms with van der Waals surface area (Å²) >= 11 is 0. The van der Waals surface area contributed by atoms with E-state index in [4.69, 9.17) is 9.84 Å². The van der Waals surface area contributed by atoms with Gasteiger partial charge in [0.25, 0.3) is 0 Å². The highest BCUT2D eigenvalue weighted by molar-refractivity contribution is 5.89. The molecule has 0 heterocycles. The molecule has 3 nitrogen and oxygen atoms in total. The molecule has 1 aromatic carbocycles. The summed E-state index contributed by atoms with van der Waals surface area (Å²) < 4.78 is 4.90. The largest absolute Gasteiger partial charge is 0.508 e. The van der Waals surface area contributed by atoms with E-state index in [0.29, 0.717) is 12.2 Å². The van der Waals surface area contributed by atoms with Gasteiger partial charge in [-0.1, -0.05) is 26.0 Å². The van der Waals surface area contributed by atoms with Gasteiger partial charge in [-0.2, -0.15) is 0 Å². The minimum absolute atomic E-state index is 0.145. The molecule has 0 saturated carbocycles. The SMILES string of the molecule is CC=CCC.CCCOC(=O)c1ccc(O)cc1. The zero-order valence-corrected chi connectivity index (χ0v) is 11.3. The molecule has 0 saturated heterocycles. The van der Waals surface area contributed by atoms with Crippen molar-refractivity contribution in [3.63, 3.8) is 0 Å². The van der Waals surface area contributed by atoms with Crippen molar-refractivity contribution in [2.24, 2.45) is 0 Å². The number of carbonyl (C=O) groups is 1. The number of ether oxygens (including phenoxy) is 1. The van der Waals surface area contributed by atoms with Crippen LogP contribution < -0.4 is 0 Å². The number of carbonyl (C=O) groups excluding carboxylic acids is 1. The van der Waals surface area contributed by atoms with Crippen molar-refractivity contribution in [1.29, 1.82) is 0 Å². The molecule has 100 valence electrons. The zero-order valence-electron chi connectivity index (χ0n) is 11.3. The first-order valence-electron chi connectivity index (χ1n) is 6.23. The van der Waals surface area contributed by atoms with Crippen molar-refractivity contribution >= 4 is 5.97 Å². The smallest absolute Gasteiger partial charge is 0.338 e. The van der Waals surface area contributed by atoms with Crippen LogP contribution in [0.5, 0.6) is 5.75 Å². The van der Waals surface area contributed by atoms with Gasteiger partial charge in [-0.15, -0.1) is 0 Å². The van der Waals surface area contributed by atoms with Gasteiger partial charge in [0.1, 0.15) is 5.75 Å². The average molecular weight is 250 g/mol. The lowest BCUT2D eigenvalue weighted by Crippen LogP contribution is -2.05. The summed E-state index contributed by atoms with van der Waals surface area (Å²) in [5, 5.41) is 8.96. The molecule has 0 fully saturated rings. The monoisotopic (exact) mass is 250 g/mol. The van der Waals surface area contributed by atoms with E-state index in [-0.39, 0.29) is 11.7 Å². The third-order valence-electron chi connectivity index (χ3n) is 2.01. The van der Waals surface area contributed by atoms with Gasteiger partial charge in [-0.3, -0.25) is 0 Å². The van der Waals surface area contributed by atoms with Crippen LogP contribution >= 0.6 is 0 Å². The Morgan fingerprint density at radius 1 is 1.28 bits per heavy atom. The van der Waals surface area contributed by atoms with Crippen LogP contribution in [0.1, 0.15) is 44.0 Å². The topological polar surface area (TPSA) is 46.5 Å². The summed E-state index contributed by atoms with van der Waals surface area (Å²) in [7, 11) is 0. The molecule has 0 aliphatic rings. The lowest BCUT2D eigenvalue weighted by atomic mass is 10.2. The van der Waals surface area contributed by atoms with Crippen molar-refractivity contribution < 1.29 is 14.6 Å². The van der Waals surface area contributed by atoms with Crippen LogP contribution in [0.2, 0.25) is 0 Å².